The van der Waals surface area contributed by atoms with E-state index >= 15 is 0 Å². The molecule has 0 aliphatic carbocycles. The highest BCUT2D eigenvalue weighted by Gasteiger charge is 2.28. The number of rotatable bonds is 4. The van der Waals surface area contributed by atoms with E-state index in [0.29, 0.717) is 31.3 Å². The normalized spacial score (nSPS) is 16.8. The van der Waals surface area contributed by atoms with E-state index in [1.807, 2.05) is 48.2 Å². The number of benzene rings is 1. The summed E-state index contributed by atoms with van der Waals surface area (Å²) in [4.78, 5) is 23.3. The zero-order valence-corrected chi connectivity index (χ0v) is 14.5. The summed E-state index contributed by atoms with van der Waals surface area (Å²) in [5, 5.41) is 7.98. The van der Waals surface area contributed by atoms with Crippen molar-refractivity contribution < 1.29 is 9.53 Å². The summed E-state index contributed by atoms with van der Waals surface area (Å²) in [5.41, 5.74) is 2.76. The fourth-order valence-corrected chi connectivity index (χ4v) is 3.04. The Morgan fingerprint density at radius 1 is 1.19 bits per heavy atom. The van der Waals surface area contributed by atoms with Gasteiger partial charge in [-0.1, -0.05) is 12.1 Å². The van der Waals surface area contributed by atoms with Gasteiger partial charge in [0.1, 0.15) is 5.69 Å². The molecule has 2 aromatic heterocycles. The maximum Gasteiger partial charge on any atom is 0.274 e. The highest BCUT2D eigenvalue weighted by Crippen LogP contribution is 2.20. The molecular formula is C19H19N5O2. The van der Waals surface area contributed by atoms with Gasteiger partial charge in [0.05, 0.1) is 29.5 Å². The molecule has 1 saturated heterocycles. The molecule has 1 aromatic carbocycles. The number of hydrogen-bond donors (Lipinski definition) is 0. The number of aryl methyl sites for hydroxylation is 1. The second-order valence-corrected chi connectivity index (χ2v) is 6.47. The molecule has 1 atom stereocenters. The van der Waals surface area contributed by atoms with Gasteiger partial charge in [-0.05, 0) is 31.5 Å². The molecule has 1 amide bonds. The molecule has 1 fully saturated rings. The number of carbonyl (C=O) groups excluding carboxylic acids is 1. The van der Waals surface area contributed by atoms with Gasteiger partial charge < -0.3 is 9.64 Å². The molecule has 26 heavy (non-hydrogen) atoms. The lowest BCUT2D eigenvalue weighted by Gasteiger charge is -2.16. The van der Waals surface area contributed by atoms with Crippen LogP contribution in [0.5, 0.6) is 5.88 Å². The molecule has 7 heteroatoms. The van der Waals surface area contributed by atoms with E-state index in [1.54, 1.807) is 6.20 Å². The molecule has 0 radical (unpaired) electrons. The van der Waals surface area contributed by atoms with E-state index in [9.17, 15) is 4.79 Å². The Morgan fingerprint density at radius 3 is 2.85 bits per heavy atom. The van der Waals surface area contributed by atoms with Gasteiger partial charge in [0.25, 0.3) is 5.91 Å². The minimum Gasteiger partial charge on any atom is -0.476 e. The van der Waals surface area contributed by atoms with Crippen molar-refractivity contribution in [2.24, 2.45) is 5.92 Å². The van der Waals surface area contributed by atoms with Crippen LogP contribution in [-0.2, 0) is 0 Å². The van der Waals surface area contributed by atoms with Crippen molar-refractivity contribution >= 4 is 16.9 Å². The van der Waals surface area contributed by atoms with Crippen LogP contribution in [0.15, 0.2) is 42.6 Å². The second kappa shape index (κ2) is 7.03. The molecule has 132 valence electrons. The predicted octanol–water partition coefficient (Wildman–Crippen LogP) is 2.27. The SMILES string of the molecule is Cc1ccc(OCC2CCN(C(=O)c3cnc4ccccc4n3)C2)nn1. The van der Waals surface area contributed by atoms with Gasteiger partial charge >= 0.3 is 0 Å². The highest BCUT2D eigenvalue weighted by molar-refractivity contribution is 5.93. The summed E-state index contributed by atoms with van der Waals surface area (Å²) in [7, 11) is 0. The van der Waals surface area contributed by atoms with Crippen LogP contribution >= 0.6 is 0 Å². The molecule has 0 spiro atoms. The Morgan fingerprint density at radius 2 is 2.04 bits per heavy atom. The molecular weight excluding hydrogens is 330 g/mol. The van der Waals surface area contributed by atoms with Crippen LogP contribution in [0, 0.1) is 12.8 Å². The van der Waals surface area contributed by atoms with Crippen LogP contribution in [0.25, 0.3) is 11.0 Å². The van der Waals surface area contributed by atoms with Crippen molar-refractivity contribution in [1.82, 2.24) is 25.1 Å². The number of carbonyl (C=O) groups is 1. The number of aromatic nitrogens is 4. The fraction of sp³-hybridized carbons (Fsp3) is 0.316. The standard InChI is InChI=1S/C19H19N5O2/c1-13-6-7-18(23-22-13)26-12-14-8-9-24(11-14)19(25)17-10-20-15-4-2-3-5-16(15)21-17/h2-7,10,14H,8-9,11-12H2,1H3. The summed E-state index contributed by atoms with van der Waals surface area (Å²) in [5.74, 6) is 0.706. The van der Waals surface area contributed by atoms with Crippen molar-refractivity contribution in [2.75, 3.05) is 19.7 Å². The first-order valence-corrected chi connectivity index (χ1v) is 8.63. The van der Waals surface area contributed by atoms with E-state index in [4.69, 9.17) is 4.74 Å². The van der Waals surface area contributed by atoms with Crippen molar-refractivity contribution in [3.8, 4) is 5.88 Å². The van der Waals surface area contributed by atoms with Crippen LogP contribution in [0.4, 0.5) is 0 Å². The van der Waals surface area contributed by atoms with Crippen LogP contribution in [0.3, 0.4) is 0 Å². The second-order valence-electron chi connectivity index (χ2n) is 6.47. The summed E-state index contributed by atoms with van der Waals surface area (Å²) < 4.78 is 5.70. The number of fused-ring (bicyclic) bond motifs is 1. The van der Waals surface area contributed by atoms with E-state index in [1.165, 1.54) is 0 Å². The predicted molar refractivity (Wildman–Crippen MR) is 95.8 cm³/mol. The van der Waals surface area contributed by atoms with Crippen molar-refractivity contribution in [2.45, 2.75) is 13.3 Å². The lowest BCUT2D eigenvalue weighted by molar-refractivity contribution is 0.0777. The van der Waals surface area contributed by atoms with Crippen molar-refractivity contribution in [1.29, 1.82) is 0 Å². The van der Waals surface area contributed by atoms with Crippen molar-refractivity contribution in [3.05, 3.63) is 54.0 Å². The lowest BCUT2D eigenvalue weighted by Crippen LogP contribution is -2.30. The molecule has 0 bridgehead atoms. The average molecular weight is 349 g/mol. The molecule has 7 nitrogen and oxygen atoms in total. The summed E-state index contributed by atoms with van der Waals surface area (Å²) in [6.07, 6.45) is 2.45. The third-order valence-electron chi connectivity index (χ3n) is 4.48. The van der Waals surface area contributed by atoms with Crippen LogP contribution in [0.2, 0.25) is 0 Å². The number of ether oxygens (including phenoxy) is 1. The van der Waals surface area contributed by atoms with E-state index in [-0.39, 0.29) is 11.8 Å². The van der Waals surface area contributed by atoms with E-state index in [2.05, 4.69) is 20.2 Å². The van der Waals surface area contributed by atoms with Gasteiger partial charge in [0.2, 0.25) is 5.88 Å². The third-order valence-corrected chi connectivity index (χ3v) is 4.48. The first-order valence-electron chi connectivity index (χ1n) is 8.63. The Kier molecular flexibility index (Phi) is 4.43. The van der Waals surface area contributed by atoms with Crippen molar-refractivity contribution in [3.63, 3.8) is 0 Å². The molecule has 0 N–H and O–H groups in total. The summed E-state index contributed by atoms with van der Waals surface area (Å²) in [6.45, 7) is 3.74. The van der Waals surface area contributed by atoms with Crippen LogP contribution in [-0.4, -0.2) is 50.7 Å². The number of para-hydroxylation sites is 2. The molecule has 1 aliphatic heterocycles. The van der Waals surface area contributed by atoms with Gasteiger partial charge in [-0.25, -0.2) is 4.98 Å². The zero-order valence-electron chi connectivity index (χ0n) is 14.5. The maximum atomic E-state index is 12.7. The monoisotopic (exact) mass is 349 g/mol. The first kappa shape index (κ1) is 16.4. The van der Waals surface area contributed by atoms with E-state index in [0.717, 1.165) is 23.1 Å². The molecule has 3 heterocycles. The summed E-state index contributed by atoms with van der Waals surface area (Å²) >= 11 is 0. The zero-order chi connectivity index (χ0) is 17.9. The van der Waals surface area contributed by atoms with Gasteiger partial charge in [0.15, 0.2) is 0 Å². The van der Waals surface area contributed by atoms with Gasteiger partial charge in [-0.3, -0.25) is 9.78 Å². The maximum absolute atomic E-state index is 12.7. The van der Waals surface area contributed by atoms with E-state index < -0.39 is 0 Å². The quantitative estimate of drug-likeness (QED) is 0.719. The molecule has 3 aromatic rings. The Bertz CT molecular complexity index is 929. The topological polar surface area (TPSA) is 81.1 Å². The lowest BCUT2D eigenvalue weighted by atomic mass is 10.1. The molecule has 1 unspecified atom stereocenters. The fourth-order valence-electron chi connectivity index (χ4n) is 3.04. The minimum atomic E-state index is -0.0825. The smallest absolute Gasteiger partial charge is 0.274 e. The molecule has 0 saturated carbocycles. The van der Waals surface area contributed by atoms with Gasteiger partial charge in [-0.2, -0.15) is 5.10 Å². The first-order chi connectivity index (χ1) is 12.7. The minimum absolute atomic E-state index is 0.0825. The molecule has 1 aliphatic rings. The number of hydrogen-bond acceptors (Lipinski definition) is 6. The number of nitrogens with zero attached hydrogens (tertiary/aromatic N) is 5. The third kappa shape index (κ3) is 3.46. The summed E-state index contributed by atoms with van der Waals surface area (Å²) in [6, 6.07) is 11.2. The average Bonchev–Trinajstić information content (AvgIpc) is 3.15. The Balaban J connectivity index is 1.37. The molecule has 4 rings (SSSR count). The highest BCUT2D eigenvalue weighted by atomic mass is 16.5. The Hall–Kier alpha value is -3.09. The van der Waals surface area contributed by atoms with Crippen LogP contribution < -0.4 is 4.74 Å². The number of amides is 1. The van der Waals surface area contributed by atoms with Gasteiger partial charge in [-0.15, -0.1) is 5.10 Å². The number of likely N-dealkylation sites (tertiary alicyclic amines) is 1. The largest absolute Gasteiger partial charge is 0.476 e. The van der Waals surface area contributed by atoms with Gasteiger partial charge in [0, 0.05) is 25.1 Å². The Labute approximate surface area is 151 Å². The van der Waals surface area contributed by atoms with Crippen LogP contribution in [0.1, 0.15) is 22.6 Å².